The van der Waals surface area contributed by atoms with Gasteiger partial charge >= 0.3 is 11.9 Å². The van der Waals surface area contributed by atoms with Crippen LogP contribution in [-0.2, 0) is 0 Å². The lowest BCUT2D eigenvalue weighted by atomic mass is 9.93. The van der Waals surface area contributed by atoms with Gasteiger partial charge in [-0.3, -0.25) is 0 Å². The minimum Gasteiger partial charge on any atom is -0.478 e. The summed E-state index contributed by atoms with van der Waals surface area (Å²) < 4.78 is 0. The molecular weight excluding hydrogens is 210 g/mol. The monoisotopic (exact) mass is 219 g/mol. The Labute approximate surface area is 91.6 Å². The van der Waals surface area contributed by atoms with Crippen molar-refractivity contribution >= 4 is 11.9 Å². The lowest BCUT2D eigenvalue weighted by Gasteiger charge is -2.09. The van der Waals surface area contributed by atoms with E-state index in [-0.39, 0.29) is 22.3 Å². The first kappa shape index (κ1) is 11.7. The lowest BCUT2D eigenvalue weighted by molar-refractivity contribution is 0.0650. The Balaban J connectivity index is 3.74. The van der Waals surface area contributed by atoms with E-state index >= 15 is 0 Å². The van der Waals surface area contributed by atoms with E-state index in [1.54, 1.807) is 6.92 Å². The zero-order valence-electron chi connectivity index (χ0n) is 8.74. The van der Waals surface area contributed by atoms with Crippen LogP contribution in [0.2, 0.25) is 0 Å². The molecule has 82 valence electrons. The fourth-order valence-corrected chi connectivity index (χ4v) is 1.60. The largest absolute Gasteiger partial charge is 0.478 e. The number of aromatic carboxylic acids is 2. The van der Waals surface area contributed by atoms with E-state index < -0.39 is 11.9 Å². The molecule has 0 bridgehead atoms. The molecule has 0 saturated carbocycles. The Kier molecular flexibility index (Phi) is 2.95. The van der Waals surface area contributed by atoms with Crippen molar-refractivity contribution in [1.29, 1.82) is 5.26 Å². The van der Waals surface area contributed by atoms with Gasteiger partial charge in [-0.05, 0) is 31.0 Å². The number of hydrogen-bond acceptors (Lipinski definition) is 3. The molecule has 0 aliphatic heterocycles. The minimum atomic E-state index is -1.34. The highest BCUT2D eigenvalue weighted by molar-refractivity contribution is 6.03. The van der Waals surface area contributed by atoms with Crippen LogP contribution >= 0.6 is 0 Å². The van der Waals surface area contributed by atoms with Crippen molar-refractivity contribution in [2.45, 2.75) is 13.8 Å². The number of carboxylic acids is 2. The van der Waals surface area contributed by atoms with Crippen LogP contribution in [0.1, 0.15) is 37.4 Å². The van der Waals surface area contributed by atoms with E-state index in [1.807, 2.05) is 6.07 Å². The first-order valence-corrected chi connectivity index (χ1v) is 4.41. The number of benzene rings is 1. The van der Waals surface area contributed by atoms with E-state index in [9.17, 15) is 9.59 Å². The van der Waals surface area contributed by atoms with E-state index in [0.29, 0.717) is 5.56 Å². The second kappa shape index (κ2) is 4.03. The molecule has 0 atom stereocenters. The summed E-state index contributed by atoms with van der Waals surface area (Å²) in [5.74, 6) is -2.65. The molecule has 16 heavy (non-hydrogen) atoms. The molecule has 2 N–H and O–H groups in total. The van der Waals surface area contributed by atoms with Gasteiger partial charge in [0.1, 0.15) is 0 Å². The quantitative estimate of drug-likeness (QED) is 0.786. The molecular formula is C11H9NO4. The lowest BCUT2D eigenvalue weighted by Crippen LogP contribution is -2.12. The molecule has 0 aromatic heterocycles. The number of aryl methyl sites for hydroxylation is 1. The number of hydrogen-bond donors (Lipinski definition) is 2. The molecule has 0 aliphatic carbocycles. The van der Waals surface area contributed by atoms with Crippen LogP contribution in [-0.4, -0.2) is 22.2 Å². The Morgan fingerprint density at radius 2 is 1.81 bits per heavy atom. The fourth-order valence-electron chi connectivity index (χ4n) is 1.60. The summed E-state index contributed by atoms with van der Waals surface area (Å²) in [4.78, 5) is 21.8. The molecule has 1 aromatic carbocycles. The summed E-state index contributed by atoms with van der Waals surface area (Å²) in [5.41, 5.74) is 0.244. The standard InChI is InChI=1S/C11H9NO4/c1-5-3-7(10(13)14)9(11(15)16)6(2)8(5)4-12/h3H,1-2H3,(H,13,14)(H,15,16). The molecule has 0 heterocycles. The van der Waals surface area contributed by atoms with Gasteiger partial charge in [-0.1, -0.05) is 0 Å². The van der Waals surface area contributed by atoms with E-state index in [2.05, 4.69) is 0 Å². The molecule has 0 aliphatic rings. The SMILES string of the molecule is Cc1cc(C(=O)O)c(C(=O)O)c(C)c1C#N. The molecule has 1 rings (SSSR count). The number of rotatable bonds is 2. The Hall–Kier alpha value is -2.35. The van der Waals surface area contributed by atoms with Crippen molar-refractivity contribution in [3.05, 3.63) is 33.9 Å². The van der Waals surface area contributed by atoms with Gasteiger partial charge in [0.2, 0.25) is 0 Å². The molecule has 5 heteroatoms. The molecule has 0 unspecified atom stereocenters. The summed E-state index contributed by atoms with van der Waals surface area (Å²) in [7, 11) is 0. The summed E-state index contributed by atoms with van der Waals surface area (Å²) >= 11 is 0. The number of carboxylic acid groups (broad SMARTS) is 2. The third-order valence-electron chi connectivity index (χ3n) is 2.33. The molecule has 5 nitrogen and oxygen atoms in total. The van der Waals surface area contributed by atoms with Crippen molar-refractivity contribution in [2.75, 3.05) is 0 Å². The molecule has 0 radical (unpaired) electrons. The topological polar surface area (TPSA) is 98.4 Å². The van der Waals surface area contributed by atoms with Gasteiger partial charge in [0.15, 0.2) is 0 Å². The highest BCUT2D eigenvalue weighted by atomic mass is 16.4. The number of nitrogens with zero attached hydrogens (tertiary/aromatic N) is 1. The second-order valence-electron chi connectivity index (χ2n) is 3.34. The zero-order valence-corrected chi connectivity index (χ0v) is 8.74. The number of nitriles is 1. The summed E-state index contributed by atoms with van der Waals surface area (Å²) in [5, 5.41) is 26.7. The van der Waals surface area contributed by atoms with E-state index in [1.165, 1.54) is 13.0 Å². The zero-order chi connectivity index (χ0) is 12.5. The second-order valence-corrected chi connectivity index (χ2v) is 3.34. The van der Waals surface area contributed by atoms with Crippen molar-refractivity contribution in [3.8, 4) is 6.07 Å². The summed E-state index contributed by atoms with van der Waals surface area (Å²) in [6, 6.07) is 3.07. The minimum absolute atomic E-state index is 0.187. The Morgan fingerprint density at radius 3 is 2.19 bits per heavy atom. The molecule has 0 saturated heterocycles. The average molecular weight is 219 g/mol. The molecule has 0 fully saturated rings. The average Bonchev–Trinajstić information content (AvgIpc) is 2.16. The first-order valence-electron chi connectivity index (χ1n) is 4.41. The van der Waals surface area contributed by atoms with Crippen LogP contribution in [0.5, 0.6) is 0 Å². The predicted octanol–water partition coefficient (Wildman–Crippen LogP) is 1.57. The molecule has 1 aromatic rings. The third-order valence-corrected chi connectivity index (χ3v) is 2.33. The highest BCUT2D eigenvalue weighted by Gasteiger charge is 2.22. The van der Waals surface area contributed by atoms with Gasteiger partial charge < -0.3 is 10.2 Å². The van der Waals surface area contributed by atoms with Crippen molar-refractivity contribution in [1.82, 2.24) is 0 Å². The van der Waals surface area contributed by atoms with Gasteiger partial charge in [-0.25, -0.2) is 9.59 Å². The van der Waals surface area contributed by atoms with Crippen LogP contribution < -0.4 is 0 Å². The van der Waals surface area contributed by atoms with Gasteiger partial charge in [-0.15, -0.1) is 0 Å². The normalized spacial score (nSPS) is 9.56. The maximum Gasteiger partial charge on any atom is 0.336 e. The van der Waals surface area contributed by atoms with Crippen LogP contribution in [0, 0.1) is 25.2 Å². The van der Waals surface area contributed by atoms with Crippen LogP contribution in [0.25, 0.3) is 0 Å². The first-order chi connectivity index (χ1) is 7.40. The van der Waals surface area contributed by atoms with Gasteiger partial charge in [-0.2, -0.15) is 5.26 Å². The van der Waals surface area contributed by atoms with Crippen molar-refractivity contribution in [3.63, 3.8) is 0 Å². The predicted molar refractivity (Wildman–Crippen MR) is 54.5 cm³/mol. The van der Waals surface area contributed by atoms with Crippen molar-refractivity contribution in [2.24, 2.45) is 0 Å². The summed E-state index contributed by atoms with van der Waals surface area (Å²) in [6.45, 7) is 3.01. The number of carbonyl (C=O) groups is 2. The maximum absolute atomic E-state index is 11.0. The molecule has 0 spiro atoms. The third kappa shape index (κ3) is 1.73. The van der Waals surface area contributed by atoms with E-state index in [0.717, 1.165) is 0 Å². The highest BCUT2D eigenvalue weighted by Crippen LogP contribution is 2.22. The smallest absolute Gasteiger partial charge is 0.336 e. The molecule has 0 amide bonds. The Bertz CT molecular complexity index is 526. The fraction of sp³-hybridized carbons (Fsp3) is 0.182. The maximum atomic E-state index is 11.0. The Morgan fingerprint density at radius 1 is 1.25 bits per heavy atom. The van der Waals surface area contributed by atoms with Crippen LogP contribution in [0.4, 0.5) is 0 Å². The van der Waals surface area contributed by atoms with Gasteiger partial charge in [0.25, 0.3) is 0 Å². The van der Waals surface area contributed by atoms with Crippen molar-refractivity contribution < 1.29 is 19.8 Å². The van der Waals surface area contributed by atoms with Crippen LogP contribution in [0.3, 0.4) is 0 Å². The van der Waals surface area contributed by atoms with Crippen LogP contribution in [0.15, 0.2) is 6.07 Å². The van der Waals surface area contributed by atoms with Gasteiger partial charge in [0, 0.05) is 0 Å². The van der Waals surface area contributed by atoms with Gasteiger partial charge in [0.05, 0.1) is 22.8 Å². The van der Waals surface area contributed by atoms with E-state index in [4.69, 9.17) is 15.5 Å². The summed E-state index contributed by atoms with van der Waals surface area (Å²) in [6.07, 6.45) is 0.